The van der Waals surface area contributed by atoms with Crippen LogP contribution in [0.5, 0.6) is 0 Å². The lowest BCUT2D eigenvalue weighted by molar-refractivity contribution is -0.0310. The van der Waals surface area contributed by atoms with Crippen LogP contribution in [0.2, 0.25) is 0 Å². The average Bonchev–Trinajstić information content (AvgIpc) is 3.78. The number of rotatable bonds is 4. The van der Waals surface area contributed by atoms with E-state index in [2.05, 4.69) is 9.97 Å². The summed E-state index contributed by atoms with van der Waals surface area (Å²) >= 11 is 0. The SMILES string of the molecule is CCO[C@@]12N=C(N=c3[nH]/c(c4ccccc34)=N\[C@@]3(OCC)N=C(N=c4[nH]/c(c5ccccc45)=N\1)c1ccccc13)c1ccccc12. The molecule has 46 heavy (non-hydrogen) atoms. The van der Waals surface area contributed by atoms with Crippen molar-refractivity contribution in [2.75, 3.05) is 13.2 Å². The fourth-order valence-electron chi connectivity index (χ4n) is 6.63. The normalized spacial score (nSPS) is 22.5. The quantitative estimate of drug-likeness (QED) is 0.315. The average molecular weight is 605 g/mol. The third-order valence-electron chi connectivity index (χ3n) is 8.55. The van der Waals surface area contributed by atoms with Crippen LogP contribution in [0.15, 0.2) is 127 Å². The highest BCUT2D eigenvalue weighted by Gasteiger charge is 2.43. The van der Waals surface area contributed by atoms with Crippen LogP contribution in [0.4, 0.5) is 0 Å². The van der Waals surface area contributed by atoms with Gasteiger partial charge in [-0.3, -0.25) is 0 Å². The highest BCUT2D eigenvalue weighted by molar-refractivity contribution is 6.05. The molecule has 2 atom stereocenters. The third-order valence-corrected chi connectivity index (χ3v) is 8.55. The Bertz CT molecular complexity index is 2370. The molecule has 4 aromatic carbocycles. The number of aromatic amines is 2. The van der Waals surface area contributed by atoms with Crippen LogP contribution in [0.3, 0.4) is 0 Å². The molecule has 3 aliphatic rings. The summed E-state index contributed by atoms with van der Waals surface area (Å²) in [7, 11) is 0. The van der Waals surface area contributed by atoms with Crippen molar-refractivity contribution in [2.24, 2.45) is 30.0 Å². The standard InChI is InChI=1S/C36H28N8O2/c1-3-45-35-27-19-11-9-17-25(27)33(43-35)39-30-22-14-6-8-16-24(22)32(38-30)42-36(46-4-2)28-20-12-10-18-26(28)34(44-36)40-29-21-13-5-7-15-23(21)31(37-29)41-35/h5-20H,3-4H2,1-2H3,(H,37,40,41,44)(H,38,39,42,43)/t35-,36-/m1/s1. The summed E-state index contributed by atoms with van der Waals surface area (Å²) in [5, 5.41) is 3.55. The van der Waals surface area contributed by atoms with Gasteiger partial charge in [-0.2, -0.15) is 0 Å². The molecular weight excluding hydrogens is 576 g/mol. The Labute approximate surface area is 262 Å². The smallest absolute Gasteiger partial charge is 0.289 e. The Morgan fingerprint density at radius 3 is 1.26 bits per heavy atom. The van der Waals surface area contributed by atoms with Gasteiger partial charge in [0.2, 0.25) is 0 Å². The molecule has 0 amide bonds. The Morgan fingerprint density at radius 2 is 0.848 bits per heavy atom. The van der Waals surface area contributed by atoms with E-state index < -0.39 is 11.7 Å². The molecule has 3 aliphatic heterocycles. The van der Waals surface area contributed by atoms with Gasteiger partial charge in [0.1, 0.15) is 22.0 Å². The van der Waals surface area contributed by atoms with Crippen molar-refractivity contribution in [3.05, 3.63) is 141 Å². The highest BCUT2D eigenvalue weighted by Crippen LogP contribution is 2.39. The number of ether oxygens (including phenoxy) is 2. The van der Waals surface area contributed by atoms with Gasteiger partial charge in [-0.15, -0.1) is 0 Å². The summed E-state index contributed by atoms with van der Waals surface area (Å²) in [4.78, 5) is 37.9. The van der Waals surface area contributed by atoms with Crippen molar-refractivity contribution < 1.29 is 9.47 Å². The van der Waals surface area contributed by atoms with E-state index in [1.165, 1.54) is 0 Å². The lowest BCUT2D eigenvalue weighted by atomic mass is 10.1. The van der Waals surface area contributed by atoms with Gasteiger partial charge in [0.25, 0.3) is 11.7 Å². The van der Waals surface area contributed by atoms with E-state index in [1.54, 1.807) is 0 Å². The van der Waals surface area contributed by atoms with Crippen LogP contribution in [0.25, 0.3) is 21.5 Å². The molecule has 9 rings (SSSR count). The predicted molar refractivity (Wildman–Crippen MR) is 174 cm³/mol. The summed E-state index contributed by atoms with van der Waals surface area (Å²) < 4.78 is 12.9. The molecule has 0 spiro atoms. The fraction of sp³-hybridized carbons (Fsp3) is 0.167. The molecule has 0 unspecified atom stereocenters. The molecule has 2 aromatic heterocycles. The fourth-order valence-corrected chi connectivity index (χ4v) is 6.63. The molecule has 10 heteroatoms. The van der Waals surface area contributed by atoms with E-state index in [4.69, 9.17) is 39.4 Å². The number of hydrogen-bond donors (Lipinski definition) is 2. The number of fused-ring (bicyclic) bond motifs is 18. The van der Waals surface area contributed by atoms with Crippen molar-refractivity contribution in [3.8, 4) is 0 Å². The maximum Gasteiger partial charge on any atom is 0.289 e. The molecule has 0 saturated carbocycles. The first-order chi connectivity index (χ1) is 22.6. The van der Waals surface area contributed by atoms with Gasteiger partial charge in [-0.05, 0) is 13.8 Å². The number of nitrogens with zero attached hydrogens (tertiary/aromatic N) is 6. The van der Waals surface area contributed by atoms with E-state index in [0.29, 0.717) is 46.8 Å². The number of amidine groups is 2. The van der Waals surface area contributed by atoms with Crippen LogP contribution < -0.4 is 22.0 Å². The summed E-state index contributed by atoms with van der Waals surface area (Å²) in [6.45, 7) is 4.64. The van der Waals surface area contributed by atoms with Crippen LogP contribution in [-0.2, 0) is 21.2 Å². The number of H-pyrrole nitrogens is 2. The largest absolute Gasteiger partial charge is 0.332 e. The first-order valence-corrected chi connectivity index (χ1v) is 15.4. The van der Waals surface area contributed by atoms with Crippen molar-refractivity contribution in [1.29, 1.82) is 0 Å². The van der Waals surface area contributed by atoms with Crippen molar-refractivity contribution in [1.82, 2.24) is 9.97 Å². The van der Waals surface area contributed by atoms with Gasteiger partial charge in [-0.1, -0.05) is 97.1 Å². The predicted octanol–water partition coefficient (Wildman–Crippen LogP) is 4.06. The Kier molecular flexibility index (Phi) is 5.80. The highest BCUT2D eigenvalue weighted by atomic mass is 16.5. The zero-order chi connectivity index (χ0) is 30.9. The minimum Gasteiger partial charge on any atom is -0.332 e. The maximum absolute atomic E-state index is 6.43. The van der Waals surface area contributed by atoms with Gasteiger partial charge in [-0.25, -0.2) is 30.0 Å². The molecule has 8 bridgehead atoms. The number of aromatic nitrogens is 2. The molecule has 0 aliphatic carbocycles. The van der Waals surface area contributed by atoms with E-state index in [-0.39, 0.29) is 0 Å². The molecular formula is C36H28N8O2. The number of aliphatic imine (C=N–C) groups is 2. The molecule has 10 nitrogen and oxygen atoms in total. The van der Waals surface area contributed by atoms with Gasteiger partial charge < -0.3 is 19.4 Å². The van der Waals surface area contributed by atoms with Crippen molar-refractivity contribution >= 4 is 33.2 Å². The lowest BCUT2D eigenvalue weighted by Crippen LogP contribution is -2.28. The molecule has 2 N–H and O–H groups in total. The molecule has 0 radical (unpaired) electrons. The summed E-state index contributed by atoms with van der Waals surface area (Å²) in [6.07, 6.45) is 0. The van der Waals surface area contributed by atoms with Crippen LogP contribution in [0.1, 0.15) is 36.1 Å². The zero-order valence-electron chi connectivity index (χ0n) is 25.2. The zero-order valence-corrected chi connectivity index (χ0v) is 25.2. The van der Waals surface area contributed by atoms with E-state index in [1.807, 2.05) is 111 Å². The Morgan fingerprint density at radius 1 is 0.478 bits per heavy atom. The van der Waals surface area contributed by atoms with Crippen LogP contribution in [0, 0.1) is 0 Å². The van der Waals surface area contributed by atoms with Gasteiger partial charge in [0.05, 0.1) is 0 Å². The lowest BCUT2D eigenvalue weighted by Gasteiger charge is -2.22. The summed E-state index contributed by atoms with van der Waals surface area (Å²) in [6, 6.07) is 31.9. The van der Waals surface area contributed by atoms with E-state index in [0.717, 1.165) is 43.8 Å². The molecule has 6 aromatic rings. The second kappa shape index (κ2) is 9.96. The second-order valence-corrected chi connectivity index (χ2v) is 11.2. The molecule has 0 saturated heterocycles. The van der Waals surface area contributed by atoms with Crippen LogP contribution >= 0.6 is 0 Å². The second-order valence-electron chi connectivity index (χ2n) is 11.2. The minimum absolute atomic E-state index is 0.381. The Hall–Kier alpha value is -5.58. The number of nitrogens with one attached hydrogen (secondary N) is 2. The van der Waals surface area contributed by atoms with E-state index in [9.17, 15) is 0 Å². The van der Waals surface area contributed by atoms with Gasteiger partial charge >= 0.3 is 0 Å². The first kappa shape index (κ1) is 26.8. The topological polar surface area (TPSA) is 124 Å². The number of hydrogen-bond acceptors (Lipinski definition) is 8. The van der Waals surface area contributed by atoms with Gasteiger partial charge in [0.15, 0.2) is 11.7 Å². The first-order valence-electron chi connectivity index (χ1n) is 15.4. The maximum atomic E-state index is 6.43. The molecule has 5 heterocycles. The van der Waals surface area contributed by atoms with E-state index >= 15 is 0 Å². The van der Waals surface area contributed by atoms with Crippen LogP contribution in [-0.4, -0.2) is 34.9 Å². The van der Waals surface area contributed by atoms with Crippen molar-refractivity contribution in [3.63, 3.8) is 0 Å². The molecule has 0 fully saturated rings. The van der Waals surface area contributed by atoms with Crippen molar-refractivity contribution in [2.45, 2.75) is 25.5 Å². The number of benzene rings is 4. The van der Waals surface area contributed by atoms with Gasteiger partial charge in [0, 0.05) is 57.0 Å². The Balaban J connectivity index is 1.48. The summed E-state index contributed by atoms with van der Waals surface area (Å²) in [5.41, 5.74) is 5.71. The summed E-state index contributed by atoms with van der Waals surface area (Å²) in [5.74, 6) is -1.71. The monoisotopic (exact) mass is 604 g/mol. The molecule has 224 valence electrons. The third kappa shape index (κ3) is 3.84. The minimum atomic E-state index is -1.36.